The molecule has 1 saturated heterocycles. The van der Waals surface area contributed by atoms with Crippen LogP contribution in [0, 0.1) is 18.6 Å². The number of aliphatic hydroxyl groups is 1. The molecule has 2 rings (SSSR count). The van der Waals surface area contributed by atoms with Crippen LogP contribution in [0.4, 0.5) is 8.78 Å². The molecular weight excluding hydrogens is 226 g/mol. The summed E-state index contributed by atoms with van der Waals surface area (Å²) in [5.41, 5.74) is -0.499. The number of halogens is 2. The van der Waals surface area contributed by atoms with E-state index in [4.69, 9.17) is 4.74 Å². The highest BCUT2D eigenvalue weighted by Crippen LogP contribution is 2.36. The van der Waals surface area contributed by atoms with Crippen LogP contribution in [0.1, 0.15) is 30.9 Å². The number of hydrogen-bond acceptors (Lipinski definition) is 2. The van der Waals surface area contributed by atoms with Crippen LogP contribution < -0.4 is 0 Å². The smallest absolute Gasteiger partial charge is 0.129 e. The second-order valence-electron chi connectivity index (χ2n) is 4.81. The van der Waals surface area contributed by atoms with E-state index in [0.717, 1.165) is 0 Å². The van der Waals surface area contributed by atoms with Gasteiger partial charge in [0.1, 0.15) is 11.6 Å². The number of benzene rings is 1. The van der Waals surface area contributed by atoms with Crippen LogP contribution in [0.25, 0.3) is 0 Å². The zero-order chi connectivity index (χ0) is 12.6. The van der Waals surface area contributed by atoms with Crippen molar-refractivity contribution in [2.24, 2.45) is 0 Å². The molecule has 0 spiro atoms. The maximum atomic E-state index is 13.9. The van der Waals surface area contributed by atoms with Gasteiger partial charge in [-0.3, -0.25) is 0 Å². The zero-order valence-corrected chi connectivity index (χ0v) is 9.96. The fraction of sp³-hybridized carbons (Fsp3) is 0.538. The lowest BCUT2D eigenvalue weighted by Gasteiger charge is -2.37. The minimum atomic E-state index is -0.948. The molecule has 0 amide bonds. The minimum Gasteiger partial charge on any atom is -0.393 e. The molecule has 2 atom stereocenters. The van der Waals surface area contributed by atoms with Crippen molar-refractivity contribution < 1.29 is 18.6 Å². The molecule has 0 saturated carbocycles. The van der Waals surface area contributed by atoms with Crippen LogP contribution in [-0.2, 0) is 10.3 Å². The first-order chi connectivity index (χ1) is 7.92. The number of rotatable bonds is 1. The normalized spacial score (nSPS) is 29.4. The van der Waals surface area contributed by atoms with Crippen LogP contribution in [0.15, 0.2) is 12.1 Å². The van der Waals surface area contributed by atoms with Crippen LogP contribution in [-0.4, -0.2) is 17.8 Å². The van der Waals surface area contributed by atoms with E-state index in [1.54, 1.807) is 6.92 Å². The summed E-state index contributed by atoms with van der Waals surface area (Å²) in [7, 11) is 0. The van der Waals surface area contributed by atoms with E-state index in [9.17, 15) is 13.9 Å². The number of ether oxygens (including phenoxy) is 1. The Morgan fingerprint density at radius 2 is 2.06 bits per heavy atom. The lowest BCUT2D eigenvalue weighted by molar-refractivity contribution is -0.114. The number of aryl methyl sites for hydroxylation is 1. The first-order valence-electron chi connectivity index (χ1n) is 5.70. The minimum absolute atomic E-state index is 0.180. The molecule has 2 unspecified atom stereocenters. The highest BCUT2D eigenvalue weighted by molar-refractivity contribution is 5.30. The lowest BCUT2D eigenvalue weighted by atomic mass is 9.86. The molecule has 0 bridgehead atoms. The summed E-state index contributed by atoms with van der Waals surface area (Å²) >= 11 is 0. The van der Waals surface area contributed by atoms with Crippen molar-refractivity contribution in [3.63, 3.8) is 0 Å². The summed E-state index contributed by atoms with van der Waals surface area (Å²) in [5.74, 6) is -0.938. The SMILES string of the molecule is Cc1cc(F)c(C2(C)CC(O)CCO2)cc1F. The van der Waals surface area contributed by atoms with Crippen molar-refractivity contribution in [2.45, 2.75) is 38.4 Å². The van der Waals surface area contributed by atoms with E-state index >= 15 is 0 Å². The number of hydrogen-bond donors (Lipinski definition) is 1. The Kier molecular flexibility index (Phi) is 3.19. The topological polar surface area (TPSA) is 29.5 Å². The second-order valence-corrected chi connectivity index (χ2v) is 4.81. The maximum absolute atomic E-state index is 13.9. The molecule has 2 nitrogen and oxygen atoms in total. The van der Waals surface area contributed by atoms with Crippen LogP contribution >= 0.6 is 0 Å². The highest BCUT2D eigenvalue weighted by Gasteiger charge is 2.36. The van der Waals surface area contributed by atoms with Crippen LogP contribution in [0.2, 0.25) is 0 Å². The standard InChI is InChI=1S/C13H16F2O2/c1-8-5-12(15)10(6-11(8)14)13(2)7-9(16)3-4-17-13/h5-6,9,16H,3-4,7H2,1-2H3. The van der Waals surface area contributed by atoms with Crippen molar-refractivity contribution in [1.29, 1.82) is 0 Å². The molecule has 1 aromatic rings. The third kappa shape index (κ3) is 2.33. The Labute approximate surface area is 99.2 Å². The second kappa shape index (κ2) is 4.35. The predicted molar refractivity (Wildman–Crippen MR) is 59.6 cm³/mol. The molecule has 1 N–H and O–H groups in total. The quantitative estimate of drug-likeness (QED) is 0.820. The van der Waals surface area contributed by atoms with Crippen molar-refractivity contribution in [1.82, 2.24) is 0 Å². The van der Waals surface area contributed by atoms with Gasteiger partial charge in [0.2, 0.25) is 0 Å². The third-order valence-electron chi connectivity index (χ3n) is 3.31. The molecule has 1 fully saturated rings. The molecule has 0 aliphatic carbocycles. The molecule has 0 aromatic heterocycles. The van der Waals surface area contributed by atoms with Crippen LogP contribution in [0.5, 0.6) is 0 Å². The van der Waals surface area contributed by atoms with Gasteiger partial charge in [-0.2, -0.15) is 0 Å². The summed E-state index contributed by atoms with van der Waals surface area (Å²) < 4.78 is 32.9. The molecule has 1 heterocycles. The van der Waals surface area contributed by atoms with Crippen molar-refractivity contribution in [3.8, 4) is 0 Å². The van der Waals surface area contributed by atoms with E-state index < -0.39 is 23.3 Å². The van der Waals surface area contributed by atoms with E-state index in [1.807, 2.05) is 0 Å². The van der Waals surface area contributed by atoms with E-state index in [0.29, 0.717) is 13.0 Å². The third-order valence-corrected chi connectivity index (χ3v) is 3.31. The summed E-state index contributed by atoms with van der Waals surface area (Å²) in [5, 5.41) is 9.62. The first-order valence-corrected chi connectivity index (χ1v) is 5.70. The van der Waals surface area contributed by atoms with Gasteiger partial charge in [-0.25, -0.2) is 8.78 Å². The van der Waals surface area contributed by atoms with Crippen molar-refractivity contribution in [3.05, 3.63) is 34.9 Å². The Bertz CT molecular complexity index is 434. The first kappa shape index (κ1) is 12.5. The van der Waals surface area contributed by atoms with Gasteiger partial charge in [0.15, 0.2) is 0 Å². The maximum Gasteiger partial charge on any atom is 0.129 e. The zero-order valence-electron chi connectivity index (χ0n) is 9.96. The average Bonchev–Trinajstić information content (AvgIpc) is 2.23. The largest absolute Gasteiger partial charge is 0.393 e. The predicted octanol–water partition coefficient (Wildman–Crippen LogP) is 2.66. The molecule has 94 valence electrons. The Morgan fingerprint density at radius 3 is 2.71 bits per heavy atom. The van der Waals surface area contributed by atoms with Gasteiger partial charge in [0.25, 0.3) is 0 Å². The fourth-order valence-corrected chi connectivity index (χ4v) is 2.27. The Hall–Kier alpha value is -1.00. The summed E-state index contributed by atoms with van der Waals surface area (Å²) in [6, 6.07) is 2.34. The summed E-state index contributed by atoms with van der Waals surface area (Å²) in [6.07, 6.45) is 0.287. The van der Waals surface area contributed by atoms with Gasteiger partial charge in [-0.05, 0) is 38.0 Å². The van der Waals surface area contributed by atoms with Gasteiger partial charge in [-0.1, -0.05) is 0 Å². The molecule has 1 aliphatic rings. The Balaban J connectivity index is 2.41. The summed E-state index contributed by atoms with van der Waals surface area (Å²) in [6.45, 7) is 3.55. The van der Waals surface area contributed by atoms with Gasteiger partial charge in [-0.15, -0.1) is 0 Å². The highest BCUT2D eigenvalue weighted by atomic mass is 19.1. The molecular formula is C13H16F2O2. The lowest BCUT2D eigenvalue weighted by Crippen LogP contribution is -2.37. The van der Waals surface area contributed by atoms with Crippen molar-refractivity contribution in [2.75, 3.05) is 6.61 Å². The van der Waals surface area contributed by atoms with E-state index in [2.05, 4.69) is 0 Å². The van der Waals surface area contributed by atoms with Crippen molar-refractivity contribution >= 4 is 0 Å². The van der Waals surface area contributed by atoms with Gasteiger partial charge >= 0.3 is 0 Å². The van der Waals surface area contributed by atoms with Crippen LogP contribution in [0.3, 0.4) is 0 Å². The van der Waals surface area contributed by atoms with Gasteiger partial charge < -0.3 is 9.84 Å². The fourth-order valence-electron chi connectivity index (χ4n) is 2.27. The Morgan fingerprint density at radius 1 is 1.35 bits per heavy atom. The van der Waals surface area contributed by atoms with Gasteiger partial charge in [0, 0.05) is 12.0 Å². The van der Waals surface area contributed by atoms with E-state index in [-0.39, 0.29) is 17.5 Å². The summed E-state index contributed by atoms with van der Waals surface area (Å²) in [4.78, 5) is 0. The van der Waals surface area contributed by atoms with E-state index in [1.165, 1.54) is 19.1 Å². The molecule has 4 heteroatoms. The average molecular weight is 242 g/mol. The monoisotopic (exact) mass is 242 g/mol. The number of aliphatic hydroxyl groups excluding tert-OH is 1. The molecule has 1 aliphatic heterocycles. The van der Waals surface area contributed by atoms with Gasteiger partial charge in [0.05, 0.1) is 18.3 Å². The molecule has 0 radical (unpaired) electrons. The molecule has 1 aromatic carbocycles. The molecule has 17 heavy (non-hydrogen) atoms.